The van der Waals surface area contributed by atoms with Crippen molar-refractivity contribution >= 4 is 13.3 Å². The van der Waals surface area contributed by atoms with Gasteiger partial charge in [0.1, 0.15) is 19.3 Å². The molecule has 0 aliphatic carbocycles. The second kappa shape index (κ2) is 5.93. The fourth-order valence-electron chi connectivity index (χ4n) is 2.09. The van der Waals surface area contributed by atoms with Gasteiger partial charge in [0.25, 0.3) is 5.89 Å². The third-order valence-corrected chi connectivity index (χ3v) is 3.24. The molecule has 1 aromatic heterocycles. The van der Waals surface area contributed by atoms with E-state index in [4.69, 9.17) is 17.1 Å². The molecule has 2 radical (unpaired) electrons. The predicted octanol–water partition coefficient (Wildman–Crippen LogP) is 1.84. The van der Waals surface area contributed by atoms with Gasteiger partial charge >= 0.3 is 0 Å². The second-order valence-electron chi connectivity index (χ2n) is 4.82. The quantitative estimate of drug-likeness (QED) is 0.743. The van der Waals surface area contributed by atoms with E-state index in [1.165, 1.54) is 6.07 Å². The zero-order valence-corrected chi connectivity index (χ0v) is 12.0. The SMILES string of the molecule is [B]c1ccc(O)c(-c2nc(Cc3ccc(OC)cc3)no2)c1. The van der Waals surface area contributed by atoms with Gasteiger partial charge < -0.3 is 14.4 Å². The summed E-state index contributed by atoms with van der Waals surface area (Å²) in [4.78, 5) is 4.30. The second-order valence-corrected chi connectivity index (χ2v) is 4.82. The molecular formula is C16H13BN2O3. The van der Waals surface area contributed by atoms with Gasteiger partial charge in [-0.15, -0.1) is 0 Å². The Kier molecular flexibility index (Phi) is 3.83. The van der Waals surface area contributed by atoms with E-state index in [9.17, 15) is 5.11 Å². The number of hydrogen-bond acceptors (Lipinski definition) is 5. The number of phenols is 1. The van der Waals surface area contributed by atoms with Crippen LogP contribution in [-0.4, -0.2) is 30.2 Å². The van der Waals surface area contributed by atoms with Gasteiger partial charge in [-0.3, -0.25) is 0 Å². The molecule has 3 aromatic rings. The third-order valence-electron chi connectivity index (χ3n) is 3.24. The summed E-state index contributed by atoms with van der Waals surface area (Å²) in [5, 5.41) is 13.8. The third kappa shape index (κ3) is 2.95. The Morgan fingerprint density at radius 1 is 1.18 bits per heavy atom. The minimum atomic E-state index is 0.0499. The van der Waals surface area contributed by atoms with E-state index in [1.54, 1.807) is 19.2 Å². The molecule has 0 bridgehead atoms. The maximum Gasteiger partial charge on any atom is 0.261 e. The number of phenolic OH excluding ortho intramolecular Hbond substituents is 1. The first-order chi connectivity index (χ1) is 10.7. The lowest BCUT2D eigenvalue weighted by molar-refractivity contribution is 0.414. The van der Waals surface area contributed by atoms with E-state index in [0.29, 0.717) is 23.3 Å². The largest absolute Gasteiger partial charge is 0.507 e. The van der Waals surface area contributed by atoms with Crippen molar-refractivity contribution in [3.63, 3.8) is 0 Å². The standard InChI is InChI=1S/C16H13BN2O3/c1-21-12-5-2-10(3-6-12)8-15-18-16(22-19-15)13-9-11(17)4-7-14(13)20/h2-7,9,20H,8H2,1H3. The Labute approximate surface area is 129 Å². The van der Waals surface area contributed by atoms with Crippen LogP contribution in [0.3, 0.4) is 0 Å². The lowest BCUT2D eigenvalue weighted by Crippen LogP contribution is -2.01. The zero-order chi connectivity index (χ0) is 15.5. The summed E-state index contributed by atoms with van der Waals surface area (Å²) in [6.45, 7) is 0. The van der Waals surface area contributed by atoms with Crippen molar-refractivity contribution in [2.75, 3.05) is 7.11 Å². The van der Waals surface area contributed by atoms with Gasteiger partial charge in [0.05, 0.1) is 12.7 Å². The molecule has 5 nitrogen and oxygen atoms in total. The Balaban J connectivity index is 1.82. The summed E-state index contributed by atoms with van der Waals surface area (Å²) in [6, 6.07) is 12.3. The summed E-state index contributed by atoms with van der Waals surface area (Å²) in [5.74, 6) is 1.62. The molecule has 0 aliphatic rings. The summed E-state index contributed by atoms with van der Waals surface area (Å²) in [5.41, 5.74) is 1.97. The summed E-state index contributed by atoms with van der Waals surface area (Å²) < 4.78 is 10.3. The molecule has 0 spiro atoms. The van der Waals surface area contributed by atoms with Gasteiger partial charge in [0, 0.05) is 6.42 Å². The minimum absolute atomic E-state index is 0.0499. The topological polar surface area (TPSA) is 68.4 Å². The van der Waals surface area contributed by atoms with E-state index in [1.807, 2.05) is 24.3 Å². The highest BCUT2D eigenvalue weighted by Crippen LogP contribution is 2.26. The number of methoxy groups -OCH3 is 1. The fraction of sp³-hybridized carbons (Fsp3) is 0.125. The van der Waals surface area contributed by atoms with E-state index in [2.05, 4.69) is 10.1 Å². The monoisotopic (exact) mass is 292 g/mol. The van der Waals surface area contributed by atoms with Crippen molar-refractivity contribution in [2.24, 2.45) is 0 Å². The van der Waals surface area contributed by atoms with E-state index in [-0.39, 0.29) is 11.6 Å². The van der Waals surface area contributed by atoms with Crippen LogP contribution < -0.4 is 10.2 Å². The van der Waals surface area contributed by atoms with E-state index < -0.39 is 0 Å². The van der Waals surface area contributed by atoms with Gasteiger partial charge in [0.15, 0.2) is 5.82 Å². The Bertz CT molecular complexity index is 784. The molecule has 0 saturated heterocycles. The number of aromatic hydroxyl groups is 1. The molecule has 0 fully saturated rings. The van der Waals surface area contributed by atoms with Gasteiger partial charge in [-0.05, 0) is 23.8 Å². The Hall–Kier alpha value is -2.76. The van der Waals surface area contributed by atoms with Crippen LogP contribution in [0, 0.1) is 0 Å². The van der Waals surface area contributed by atoms with Gasteiger partial charge in [-0.25, -0.2) is 0 Å². The zero-order valence-electron chi connectivity index (χ0n) is 12.0. The lowest BCUT2D eigenvalue weighted by atomic mass is 9.94. The molecule has 0 amide bonds. The van der Waals surface area contributed by atoms with Crippen LogP contribution in [0.4, 0.5) is 0 Å². The maximum atomic E-state index is 9.85. The predicted molar refractivity (Wildman–Crippen MR) is 82.6 cm³/mol. The smallest absolute Gasteiger partial charge is 0.261 e. The first-order valence-electron chi connectivity index (χ1n) is 6.70. The fourth-order valence-corrected chi connectivity index (χ4v) is 2.09. The molecule has 1 heterocycles. The molecule has 0 saturated carbocycles. The number of rotatable bonds is 4. The average molecular weight is 292 g/mol. The number of nitrogens with zero attached hydrogens (tertiary/aromatic N) is 2. The van der Waals surface area contributed by atoms with Crippen LogP contribution in [-0.2, 0) is 6.42 Å². The van der Waals surface area contributed by atoms with Crippen LogP contribution in [0.15, 0.2) is 47.0 Å². The van der Waals surface area contributed by atoms with Crippen molar-refractivity contribution in [2.45, 2.75) is 6.42 Å². The van der Waals surface area contributed by atoms with E-state index >= 15 is 0 Å². The molecule has 3 rings (SSSR count). The number of benzene rings is 2. The highest BCUT2D eigenvalue weighted by molar-refractivity contribution is 6.32. The van der Waals surface area contributed by atoms with Crippen LogP contribution in [0.2, 0.25) is 0 Å². The molecule has 0 atom stereocenters. The van der Waals surface area contributed by atoms with Crippen molar-refractivity contribution in [1.29, 1.82) is 0 Å². The van der Waals surface area contributed by atoms with Gasteiger partial charge in [0.2, 0.25) is 0 Å². The van der Waals surface area contributed by atoms with Crippen molar-refractivity contribution in [3.05, 3.63) is 53.9 Å². The van der Waals surface area contributed by atoms with Gasteiger partial charge in [-0.2, -0.15) is 4.98 Å². The molecule has 108 valence electrons. The average Bonchev–Trinajstić information content (AvgIpc) is 2.99. The van der Waals surface area contributed by atoms with Gasteiger partial charge in [-0.1, -0.05) is 34.9 Å². The first-order valence-corrected chi connectivity index (χ1v) is 6.70. The van der Waals surface area contributed by atoms with Crippen molar-refractivity contribution in [3.8, 4) is 23.0 Å². The number of aromatic nitrogens is 2. The number of ether oxygens (including phenoxy) is 1. The molecule has 1 N–H and O–H groups in total. The van der Waals surface area contributed by atoms with E-state index in [0.717, 1.165) is 11.3 Å². The van der Waals surface area contributed by atoms with Crippen LogP contribution in [0.1, 0.15) is 11.4 Å². The molecule has 2 aromatic carbocycles. The molecule has 6 heteroatoms. The summed E-state index contributed by atoms with van der Waals surface area (Å²) in [7, 11) is 7.33. The van der Waals surface area contributed by atoms with Crippen LogP contribution in [0.5, 0.6) is 11.5 Å². The maximum absolute atomic E-state index is 9.85. The van der Waals surface area contributed by atoms with Crippen LogP contribution in [0.25, 0.3) is 11.5 Å². The molecule has 0 unspecified atom stereocenters. The Morgan fingerprint density at radius 2 is 1.95 bits per heavy atom. The molecular weight excluding hydrogens is 279 g/mol. The number of hydrogen-bond donors (Lipinski definition) is 1. The van der Waals surface area contributed by atoms with Crippen molar-refractivity contribution < 1.29 is 14.4 Å². The highest BCUT2D eigenvalue weighted by Gasteiger charge is 2.13. The highest BCUT2D eigenvalue weighted by atomic mass is 16.5. The molecule has 22 heavy (non-hydrogen) atoms. The normalized spacial score (nSPS) is 10.6. The first kappa shape index (κ1) is 14.2. The van der Waals surface area contributed by atoms with Crippen molar-refractivity contribution in [1.82, 2.24) is 10.1 Å². The Morgan fingerprint density at radius 3 is 2.68 bits per heavy atom. The summed E-state index contributed by atoms with van der Waals surface area (Å²) >= 11 is 0. The van der Waals surface area contributed by atoms with Crippen LogP contribution >= 0.6 is 0 Å². The molecule has 0 aliphatic heterocycles. The lowest BCUT2D eigenvalue weighted by Gasteiger charge is -2.01. The minimum Gasteiger partial charge on any atom is -0.507 e. The summed E-state index contributed by atoms with van der Waals surface area (Å²) in [6.07, 6.45) is 0.524.